The van der Waals surface area contributed by atoms with Crippen LogP contribution in [0.3, 0.4) is 0 Å². The van der Waals surface area contributed by atoms with Crippen LogP contribution in [0, 0.1) is 0 Å². The van der Waals surface area contributed by atoms with E-state index in [1.54, 1.807) is 7.11 Å². The smallest absolute Gasteiger partial charge is 0.318 e. The number of likely N-dealkylation sites (N-methyl/N-ethyl adjacent to an activating group) is 1. The van der Waals surface area contributed by atoms with Gasteiger partial charge in [0, 0.05) is 19.6 Å². The number of benzene rings is 2. The maximum Gasteiger partial charge on any atom is 0.318 e. The molecule has 0 aliphatic carbocycles. The molecule has 5 nitrogen and oxygen atoms in total. The van der Waals surface area contributed by atoms with Crippen molar-refractivity contribution in [2.75, 3.05) is 27.7 Å². The summed E-state index contributed by atoms with van der Waals surface area (Å²) >= 11 is 0. The standard InChI is InChI=1S/C20H25N3O2/c1-22(2)19(15-8-10-18(25-3)11-9-15)12-21-20(24)23-13-16-6-4-5-7-17(16)14-23/h4-11,19H,12-14H2,1-3H3,(H,21,24). The molecule has 5 heteroatoms. The number of carbonyl (C=O) groups is 1. The lowest BCUT2D eigenvalue weighted by atomic mass is 10.1. The van der Waals surface area contributed by atoms with Gasteiger partial charge in [-0.1, -0.05) is 36.4 Å². The van der Waals surface area contributed by atoms with E-state index in [4.69, 9.17) is 4.74 Å². The third kappa shape index (κ3) is 3.94. The summed E-state index contributed by atoms with van der Waals surface area (Å²) in [4.78, 5) is 16.5. The molecule has 2 amide bonds. The van der Waals surface area contributed by atoms with E-state index in [0.717, 1.165) is 11.3 Å². The van der Waals surface area contributed by atoms with Crippen molar-refractivity contribution in [3.8, 4) is 5.75 Å². The third-order valence-corrected chi connectivity index (χ3v) is 4.70. The van der Waals surface area contributed by atoms with E-state index < -0.39 is 0 Å². The van der Waals surface area contributed by atoms with Crippen molar-refractivity contribution in [2.24, 2.45) is 0 Å². The number of nitrogens with zero attached hydrogens (tertiary/aromatic N) is 2. The maximum atomic E-state index is 12.5. The highest BCUT2D eigenvalue weighted by molar-refractivity contribution is 5.75. The van der Waals surface area contributed by atoms with Gasteiger partial charge in [0.15, 0.2) is 0 Å². The molecule has 1 atom stereocenters. The minimum absolute atomic E-state index is 0.0171. The fourth-order valence-electron chi connectivity index (χ4n) is 3.20. The highest BCUT2D eigenvalue weighted by atomic mass is 16.5. The Morgan fingerprint density at radius 1 is 1.12 bits per heavy atom. The summed E-state index contributed by atoms with van der Waals surface area (Å²) < 4.78 is 5.22. The van der Waals surface area contributed by atoms with Gasteiger partial charge < -0.3 is 19.9 Å². The van der Waals surface area contributed by atoms with Gasteiger partial charge in [-0.05, 0) is 42.9 Å². The summed E-state index contributed by atoms with van der Waals surface area (Å²) in [6.45, 7) is 1.92. The van der Waals surface area contributed by atoms with Crippen LogP contribution in [-0.2, 0) is 13.1 Å². The molecular formula is C20H25N3O2. The van der Waals surface area contributed by atoms with E-state index in [1.807, 2.05) is 55.4 Å². The molecular weight excluding hydrogens is 314 g/mol. The average molecular weight is 339 g/mol. The molecule has 3 rings (SSSR count). The number of carbonyl (C=O) groups excluding carboxylic acids is 1. The topological polar surface area (TPSA) is 44.8 Å². The summed E-state index contributed by atoms with van der Waals surface area (Å²) in [5, 5.41) is 3.08. The van der Waals surface area contributed by atoms with E-state index in [9.17, 15) is 4.79 Å². The van der Waals surface area contributed by atoms with Crippen LogP contribution in [0.2, 0.25) is 0 Å². The Hall–Kier alpha value is -2.53. The van der Waals surface area contributed by atoms with Crippen LogP contribution >= 0.6 is 0 Å². The van der Waals surface area contributed by atoms with Gasteiger partial charge in [0.1, 0.15) is 5.75 Å². The molecule has 132 valence electrons. The van der Waals surface area contributed by atoms with Crippen LogP contribution in [0.15, 0.2) is 48.5 Å². The van der Waals surface area contributed by atoms with E-state index >= 15 is 0 Å². The van der Waals surface area contributed by atoms with Crippen LogP contribution < -0.4 is 10.1 Å². The molecule has 1 heterocycles. The number of hydrogen-bond acceptors (Lipinski definition) is 3. The number of nitrogens with one attached hydrogen (secondary N) is 1. The second-order valence-electron chi connectivity index (χ2n) is 6.56. The lowest BCUT2D eigenvalue weighted by molar-refractivity contribution is 0.193. The van der Waals surface area contributed by atoms with Gasteiger partial charge >= 0.3 is 6.03 Å². The summed E-state index contributed by atoms with van der Waals surface area (Å²) in [5.74, 6) is 0.833. The van der Waals surface area contributed by atoms with E-state index in [2.05, 4.69) is 22.3 Å². The minimum Gasteiger partial charge on any atom is -0.497 e. The number of fused-ring (bicyclic) bond motifs is 1. The molecule has 0 fully saturated rings. The first-order valence-corrected chi connectivity index (χ1v) is 8.48. The molecule has 0 saturated carbocycles. The van der Waals surface area contributed by atoms with Crippen molar-refractivity contribution in [1.29, 1.82) is 0 Å². The van der Waals surface area contributed by atoms with Crippen molar-refractivity contribution in [2.45, 2.75) is 19.1 Å². The summed E-state index contributed by atoms with van der Waals surface area (Å²) in [6.07, 6.45) is 0. The Bertz CT molecular complexity index is 703. The largest absolute Gasteiger partial charge is 0.497 e. The fraction of sp³-hybridized carbons (Fsp3) is 0.350. The van der Waals surface area contributed by atoms with Crippen LogP contribution in [0.4, 0.5) is 4.79 Å². The fourth-order valence-corrected chi connectivity index (χ4v) is 3.20. The maximum absolute atomic E-state index is 12.5. The molecule has 0 spiro atoms. The van der Waals surface area contributed by atoms with Crippen molar-refractivity contribution in [3.63, 3.8) is 0 Å². The normalized spacial score (nSPS) is 14.3. The molecule has 1 aliphatic heterocycles. The Labute approximate surface area is 149 Å². The first-order valence-electron chi connectivity index (χ1n) is 8.48. The van der Waals surface area contributed by atoms with Crippen molar-refractivity contribution in [3.05, 3.63) is 65.2 Å². The van der Waals surface area contributed by atoms with E-state index in [-0.39, 0.29) is 12.1 Å². The van der Waals surface area contributed by atoms with Gasteiger partial charge in [-0.3, -0.25) is 0 Å². The molecule has 1 N–H and O–H groups in total. The molecule has 0 aromatic heterocycles. The zero-order valence-corrected chi connectivity index (χ0v) is 15.0. The molecule has 1 aliphatic rings. The van der Waals surface area contributed by atoms with Crippen LogP contribution in [-0.4, -0.2) is 43.6 Å². The molecule has 1 unspecified atom stereocenters. The van der Waals surface area contributed by atoms with Crippen molar-refractivity contribution < 1.29 is 9.53 Å². The Morgan fingerprint density at radius 3 is 2.24 bits per heavy atom. The summed E-state index contributed by atoms with van der Waals surface area (Å²) in [5.41, 5.74) is 3.62. The first kappa shape index (κ1) is 17.3. The highest BCUT2D eigenvalue weighted by Gasteiger charge is 2.24. The van der Waals surface area contributed by atoms with Gasteiger partial charge in [0.2, 0.25) is 0 Å². The monoisotopic (exact) mass is 339 g/mol. The molecule has 0 saturated heterocycles. The molecule has 0 radical (unpaired) electrons. The number of amides is 2. The zero-order valence-electron chi connectivity index (χ0n) is 15.0. The number of methoxy groups -OCH3 is 1. The second-order valence-corrected chi connectivity index (χ2v) is 6.56. The third-order valence-electron chi connectivity index (χ3n) is 4.70. The molecule has 2 aromatic carbocycles. The zero-order chi connectivity index (χ0) is 17.8. The van der Waals surface area contributed by atoms with Gasteiger partial charge in [-0.2, -0.15) is 0 Å². The minimum atomic E-state index is -0.0171. The Kier molecular flexibility index (Phi) is 5.24. The van der Waals surface area contributed by atoms with E-state index in [1.165, 1.54) is 11.1 Å². The average Bonchev–Trinajstić information content (AvgIpc) is 3.06. The molecule has 2 aromatic rings. The van der Waals surface area contributed by atoms with Gasteiger partial charge in [0.25, 0.3) is 0 Å². The molecule has 25 heavy (non-hydrogen) atoms. The molecule has 0 bridgehead atoms. The van der Waals surface area contributed by atoms with Crippen molar-refractivity contribution >= 4 is 6.03 Å². The van der Waals surface area contributed by atoms with Crippen molar-refractivity contribution in [1.82, 2.24) is 15.1 Å². The number of rotatable bonds is 5. The summed E-state index contributed by atoms with van der Waals surface area (Å²) in [7, 11) is 5.70. The van der Waals surface area contributed by atoms with Crippen LogP contribution in [0.25, 0.3) is 0 Å². The number of hydrogen-bond donors (Lipinski definition) is 1. The van der Waals surface area contributed by atoms with Crippen LogP contribution in [0.5, 0.6) is 5.75 Å². The SMILES string of the molecule is COc1ccc(C(CNC(=O)N2Cc3ccccc3C2)N(C)C)cc1. The first-order chi connectivity index (χ1) is 12.1. The van der Waals surface area contributed by atoms with Gasteiger partial charge in [-0.15, -0.1) is 0 Å². The number of urea groups is 1. The Morgan fingerprint density at radius 2 is 1.72 bits per heavy atom. The predicted octanol–water partition coefficient (Wildman–Crippen LogP) is 3.02. The number of ether oxygens (including phenoxy) is 1. The lowest BCUT2D eigenvalue weighted by Gasteiger charge is -2.26. The lowest BCUT2D eigenvalue weighted by Crippen LogP contribution is -2.41. The van der Waals surface area contributed by atoms with Crippen LogP contribution in [0.1, 0.15) is 22.7 Å². The second kappa shape index (κ2) is 7.57. The van der Waals surface area contributed by atoms with Gasteiger partial charge in [0.05, 0.1) is 13.2 Å². The van der Waals surface area contributed by atoms with E-state index in [0.29, 0.717) is 19.6 Å². The predicted molar refractivity (Wildman–Crippen MR) is 98.5 cm³/mol. The quantitative estimate of drug-likeness (QED) is 0.911. The summed E-state index contributed by atoms with van der Waals surface area (Å²) in [6, 6.07) is 16.3. The Balaban J connectivity index is 1.61. The van der Waals surface area contributed by atoms with Gasteiger partial charge in [-0.25, -0.2) is 4.79 Å². The highest BCUT2D eigenvalue weighted by Crippen LogP contribution is 2.23.